The molecule has 2 heterocycles. The van der Waals surface area contributed by atoms with Crippen LogP contribution in [0.1, 0.15) is 36.8 Å². The van der Waals surface area contributed by atoms with Gasteiger partial charge in [0.2, 0.25) is 0 Å². The Morgan fingerprint density at radius 1 is 1.10 bits per heavy atom. The number of rotatable bonds is 6. The van der Waals surface area contributed by atoms with Crippen molar-refractivity contribution in [2.45, 2.75) is 38.6 Å². The van der Waals surface area contributed by atoms with E-state index in [2.05, 4.69) is 16.0 Å². The van der Waals surface area contributed by atoms with E-state index in [1.807, 2.05) is 18.2 Å². The Balaban J connectivity index is 1.32. The third-order valence-electron chi connectivity index (χ3n) is 5.98. The maximum Gasteiger partial charge on any atom is 0.255 e. The smallest absolute Gasteiger partial charge is 0.255 e. The van der Waals surface area contributed by atoms with Crippen molar-refractivity contribution in [3.05, 3.63) is 81.5 Å². The summed E-state index contributed by atoms with van der Waals surface area (Å²) in [6.07, 6.45) is 6.79. The molecule has 0 spiro atoms. The van der Waals surface area contributed by atoms with Crippen molar-refractivity contribution < 1.29 is 13.2 Å². The van der Waals surface area contributed by atoms with Gasteiger partial charge < -0.3 is 4.98 Å². The summed E-state index contributed by atoms with van der Waals surface area (Å²) in [6, 6.07) is 9.53. The number of piperidine rings is 1. The molecule has 1 atom stereocenters. The fourth-order valence-electron chi connectivity index (χ4n) is 4.49. The summed E-state index contributed by atoms with van der Waals surface area (Å²) in [5, 5.41) is 1.65. The van der Waals surface area contributed by atoms with Gasteiger partial charge in [0, 0.05) is 36.3 Å². The molecule has 0 amide bonds. The van der Waals surface area contributed by atoms with Crippen LogP contribution in [-0.2, 0) is 13.0 Å². The average Bonchev–Trinajstić information content (AvgIpc) is 2.72. The summed E-state index contributed by atoms with van der Waals surface area (Å²) in [6.45, 7) is 1.86. The number of hydrogen-bond donors (Lipinski definition) is 1. The van der Waals surface area contributed by atoms with Crippen LogP contribution in [0, 0.1) is 23.4 Å². The molecule has 1 aliphatic rings. The number of halogens is 3. The van der Waals surface area contributed by atoms with Crippen molar-refractivity contribution >= 4 is 10.8 Å². The van der Waals surface area contributed by atoms with Gasteiger partial charge in [-0.2, -0.15) is 0 Å². The fraction of sp³-hybridized carbons (Fsp3) is 0.375. The molecular formula is C24H25F3N2O. The SMILES string of the molecule is O=c1[nH]ccc2cc(CCC[C@@H]3CCCN(Cc4cc(F)cc(F)c4F)C3)ccc12. The van der Waals surface area contributed by atoms with Gasteiger partial charge in [-0.3, -0.25) is 9.69 Å². The first-order chi connectivity index (χ1) is 14.5. The number of likely N-dealkylation sites (tertiary alicyclic amines) is 1. The van der Waals surface area contributed by atoms with Crippen LogP contribution in [0.4, 0.5) is 13.2 Å². The topological polar surface area (TPSA) is 36.1 Å². The van der Waals surface area contributed by atoms with Crippen LogP contribution in [0.3, 0.4) is 0 Å². The van der Waals surface area contributed by atoms with Gasteiger partial charge in [0.05, 0.1) is 0 Å². The molecule has 0 radical (unpaired) electrons. The third kappa shape index (κ3) is 4.75. The molecule has 1 aliphatic heterocycles. The molecule has 30 heavy (non-hydrogen) atoms. The van der Waals surface area contributed by atoms with Crippen molar-refractivity contribution in [3.63, 3.8) is 0 Å². The summed E-state index contributed by atoms with van der Waals surface area (Å²) < 4.78 is 40.9. The number of pyridine rings is 1. The number of nitrogens with one attached hydrogen (secondary N) is 1. The van der Waals surface area contributed by atoms with Crippen LogP contribution in [0.5, 0.6) is 0 Å². The maximum absolute atomic E-state index is 14.0. The monoisotopic (exact) mass is 414 g/mol. The van der Waals surface area contributed by atoms with Gasteiger partial charge in [0.1, 0.15) is 5.82 Å². The predicted octanol–water partition coefficient (Wildman–Crippen LogP) is 5.18. The lowest BCUT2D eigenvalue weighted by Gasteiger charge is -2.33. The Labute approximate surface area is 173 Å². The lowest BCUT2D eigenvalue weighted by atomic mass is 9.91. The Morgan fingerprint density at radius 3 is 2.83 bits per heavy atom. The van der Waals surface area contributed by atoms with E-state index in [0.717, 1.165) is 56.6 Å². The molecule has 1 N–H and O–H groups in total. The van der Waals surface area contributed by atoms with Crippen LogP contribution in [0.25, 0.3) is 10.8 Å². The van der Waals surface area contributed by atoms with Crippen molar-refractivity contribution in [2.75, 3.05) is 13.1 Å². The van der Waals surface area contributed by atoms with Crippen molar-refractivity contribution in [1.29, 1.82) is 0 Å². The zero-order valence-corrected chi connectivity index (χ0v) is 16.8. The Morgan fingerprint density at radius 2 is 1.97 bits per heavy atom. The summed E-state index contributed by atoms with van der Waals surface area (Å²) in [5.41, 5.74) is 1.22. The van der Waals surface area contributed by atoms with E-state index >= 15 is 0 Å². The highest BCUT2D eigenvalue weighted by atomic mass is 19.2. The van der Waals surface area contributed by atoms with Gasteiger partial charge in [-0.05, 0) is 73.7 Å². The second kappa shape index (κ2) is 9.04. The Kier molecular flexibility index (Phi) is 6.23. The molecule has 2 aromatic carbocycles. The highest BCUT2D eigenvalue weighted by Gasteiger charge is 2.22. The molecule has 3 aromatic rings. The Bertz CT molecular complexity index is 1100. The van der Waals surface area contributed by atoms with Crippen LogP contribution in [-0.4, -0.2) is 23.0 Å². The first-order valence-corrected chi connectivity index (χ1v) is 10.5. The number of fused-ring (bicyclic) bond motifs is 1. The fourth-order valence-corrected chi connectivity index (χ4v) is 4.49. The minimum atomic E-state index is -1.13. The standard InChI is InChI=1S/C24H25F3N2O/c25-20-12-19(23(27)22(26)13-20)15-29-10-2-5-17(14-29)4-1-3-16-6-7-21-18(11-16)8-9-28-24(21)30/h6-9,11-13,17H,1-5,10,14-15H2,(H,28,30)/t17-/m1/s1. The van der Waals surface area contributed by atoms with E-state index in [1.54, 1.807) is 6.20 Å². The summed E-state index contributed by atoms with van der Waals surface area (Å²) >= 11 is 0. The zero-order valence-electron chi connectivity index (χ0n) is 16.8. The van der Waals surface area contributed by atoms with Crippen LogP contribution >= 0.6 is 0 Å². The van der Waals surface area contributed by atoms with Gasteiger partial charge in [0.15, 0.2) is 11.6 Å². The minimum absolute atomic E-state index is 0.0732. The quantitative estimate of drug-likeness (QED) is 0.564. The summed E-state index contributed by atoms with van der Waals surface area (Å²) in [7, 11) is 0. The van der Waals surface area contributed by atoms with Gasteiger partial charge in [-0.25, -0.2) is 13.2 Å². The lowest BCUT2D eigenvalue weighted by Crippen LogP contribution is -2.35. The zero-order chi connectivity index (χ0) is 21.1. The summed E-state index contributed by atoms with van der Waals surface area (Å²) in [5.74, 6) is -2.33. The van der Waals surface area contributed by atoms with E-state index in [4.69, 9.17) is 0 Å². The van der Waals surface area contributed by atoms with Gasteiger partial charge in [-0.1, -0.05) is 12.1 Å². The molecule has 1 fully saturated rings. The van der Waals surface area contributed by atoms with E-state index in [0.29, 0.717) is 17.4 Å². The second-order valence-electron chi connectivity index (χ2n) is 8.22. The molecule has 1 saturated heterocycles. The first kappa shape index (κ1) is 20.7. The lowest BCUT2D eigenvalue weighted by molar-refractivity contribution is 0.158. The van der Waals surface area contributed by atoms with E-state index < -0.39 is 17.5 Å². The molecule has 158 valence electrons. The van der Waals surface area contributed by atoms with Crippen LogP contribution < -0.4 is 5.56 Å². The largest absolute Gasteiger partial charge is 0.329 e. The number of H-pyrrole nitrogens is 1. The van der Waals surface area contributed by atoms with E-state index in [9.17, 15) is 18.0 Å². The molecule has 0 unspecified atom stereocenters. The second-order valence-corrected chi connectivity index (χ2v) is 8.22. The number of hydrogen-bond acceptors (Lipinski definition) is 2. The predicted molar refractivity (Wildman–Crippen MR) is 112 cm³/mol. The molecule has 0 bridgehead atoms. The number of aryl methyl sites for hydroxylation is 1. The number of aromatic amines is 1. The van der Waals surface area contributed by atoms with Crippen LogP contribution in [0.15, 0.2) is 47.4 Å². The molecule has 1 aromatic heterocycles. The molecule has 3 nitrogen and oxygen atoms in total. The minimum Gasteiger partial charge on any atom is -0.329 e. The number of benzene rings is 2. The van der Waals surface area contributed by atoms with Gasteiger partial charge in [-0.15, -0.1) is 0 Å². The van der Waals surface area contributed by atoms with Crippen molar-refractivity contribution in [1.82, 2.24) is 9.88 Å². The van der Waals surface area contributed by atoms with Crippen LogP contribution in [0.2, 0.25) is 0 Å². The molecule has 6 heteroatoms. The highest BCUT2D eigenvalue weighted by Crippen LogP contribution is 2.25. The number of nitrogens with zero attached hydrogens (tertiary/aromatic N) is 1. The van der Waals surface area contributed by atoms with Crippen molar-refractivity contribution in [2.24, 2.45) is 5.92 Å². The normalized spacial score (nSPS) is 17.5. The molecule has 0 saturated carbocycles. The molecule has 0 aliphatic carbocycles. The van der Waals surface area contributed by atoms with E-state index in [-0.39, 0.29) is 17.7 Å². The van der Waals surface area contributed by atoms with Gasteiger partial charge >= 0.3 is 0 Å². The summed E-state index contributed by atoms with van der Waals surface area (Å²) in [4.78, 5) is 16.6. The van der Waals surface area contributed by atoms with E-state index in [1.165, 1.54) is 5.56 Å². The average molecular weight is 414 g/mol. The number of aromatic nitrogens is 1. The highest BCUT2D eigenvalue weighted by molar-refractivity contribution is 5.81. The van der Waals surface area contributed by atoms with Crippen molar-refractivity contribution in [3.8, 4) is 0 Å². The third-order valence-corrected chi connectivity index (χ3v) is 5.98. The first-order valence-electron chi connectivity index (χ1n) is 10.5. The molecular weight excluding hydrogens is 389 g/mol. The molecule has 4 rings (SSSR count). The Hall–Kier alpha value is -2.60. The van der Waals surface area contributed by atoms with Gasteiger partial charge in [0.25, 0.3) is 5.56 Å². The maximum atomic E-state index is 14.0.